The largest absolute Gasteiger partial charge is 0.311 e. The summed E-state index contributed by atoms with van der Waals surface area (Å²) < 4.78 is 25.3. The van der Waals surface area contributed by atoms with Gasteiger partial charge in [-0.05, 0) is 55.1 Å². The van der Waals surface area contributed by atoms with Gasteiger partial charge in [0.25, 0.3) is 0 Å². The van der Waals surface area contributed by atoms with Crippen molar-refractivity contribution in [2.24, 2.45) is 0 Å². The first-order chi connectivity index (χ1) is 15.5. The molecule has 0 radical (unpaired) electrons. The Hall–Kier alpha value is -2.55. The summed E-state index contributed by atoms with van der Waals surface area (Å²) in [7, 11) is -3.46. The van der Waals surface area contributed by atoms with Crippen LogP contribution in [0.3, 0.4) is 0 Å². The van der Waals surface area contributed by atoms with Crippen LogP contribution in [0.15, 0.2) is 71.1 Å². The maximum atomic E-state index is 13.2. The summed E-state index contributed by atoms with van der Waals surface area (Å²) in [5.41, 5.74) is 2.09. The highest BCUT2D eigenvalue weighted by molar-refractivity contribution is 7.90. The van der Waals surface area contributed by atoms with E-state index in [2.05, 4.69) is 34.1 Å². The van der Waals surface area contributed by atoms with E-state index >= 15 is 0 Å². The van der Waals surface area contributed by atoms with Crippen molar-refractivity contribution in [1.82, 2.24) is 9.88 Å². The number of hydrogen-bond acceptors (Lipinski definition) is 6. The molecule has 3 aromatic rings. The molecule has 32 heavy (non-hydrogen) atoms. The molecule has 2 aromatic carbocycles. The third-order valence-electron chi connectivity index (χ3n) is 6.41. The number of carbonyl (C=O) groups is 1. The van der Waals surface area contributed by atoms with Crippen LogP contribution in [0.5, 0.6) is 0 Å². The van der Waals surface area contributed by atoms with Crippen molar-refractivity contribution >= 4 is 32.8 Å². The third kappa shape index (κ3) is 4.22. The van der Waals surface area contributed by atoms with Crippen molar-refractivity contribution in [2.45, 2.75) is 35.4 Å². The van der Waals surface area contributed by atoms with E-state index in [4.69, 9.17) is 0 Å². The molecule has 0 bridgehead atoms. The predicted octanol–water partition coefficient (Wildman–Crippen LogP) is 3.71. The highest BCUT2D eigenvalue weighted by Crippen LogP contribution is 2.33. The van der Waals surface area contributed by atoms with Gasteiger partial charge in [-0.15, -0.1) is 11.3 Å². The van der Waals surface area contributed by atoms with E-state index in [0.29, 0.717) is 17.5 Å². The van der Waals surface area contributed by atoms with E-state index in [1.165, 1.54) is 16.9 Å². The molecular formula is C24H25N3O3S2. The summed E-state index contributed by atoms with van der Waals surface area (Å²) in [6.45, 7) is 2.49. The summed E-state index contributed by atoms with van der Waals surface area (Å²) >= 11 is 1.33. The molecule has 1 amide bonds. The monoisotopic (exact) mass is 467 g/mol. The van der Waals surface area contributed by atoms with Gasteiger partial charge in [0.1, 0.15) is 10.8 Å². The fraction of sp³-hybridized carbons (Fsp3) is 0.333. The molecule has 0 N–H and O–H groups in total. The zero-order valence-corrected chi connectivity index (χ0v) is 19.3. The van der Waals surface area contributed by atoms with Crippen LogP contribution in [0.1, 0.15) is 29.3 Å². The number of rotatable bonds is 6. The minimum absolute atomic E-state index is 0.1000. The predicted molar refractivity (Wildman–Crippen MR) is 126 cm³/mol. The molecule has 8 heteroatoms. The Balaban J connectivity index is 1.25. The Kier molecular flexibility index (Phi) is 5.84. The quantitative estimate of drug-likeness (QED) is 0.553. The van der Waals surface area contributed by atoms with Crippen molar-refractivity contribution in [3.8, 4) is 0 Å². The zero-order chi connectivity index (χ0) is 22.1. The molecular weight excluding hydrogens is 442 g/mol. The fourth-order valence-corrected chi connectivity index (χ4v) is 6.99. The Bertz CT molecular complexity index is 1180. The van der Waals surface area contributed by atoms with Gasteiger partial charge >= 0.3 is 0 Å². The van der Waals surface area contributed by atoms with E-state index in [1.54, 1.807) is 40.7 Å². The second-order valence-electron chi connectivity index (χ2n) is 8.36. The van der Waals surface area contributed by atoms with E-state index in [9.17, 15) is 13.2 Å². The summed E-state index contributed by atoms with van der Waals surface area (Å²) in [5, 5.41) is 2.34. The highest BCUT2D eigenvalue weighted by atomic mass is 32.2. The molecule has 0 spiro atoms. The molecule has 1 aromatic heterocycles. The standard InChI is InChI=1S/C24H25N3O3S2/c28-24-22(26-13-10-19(16-26)18-4-2-1-3-5-18)11-14-27(24)20-6-8-21(9-7-20)32(29,30)17-23-25-12-15-31-23/h1-9,12,15,19,22H,10-11,13-14,16-17H2. The number of sulfone groups is 1. The summed E-state index contributed by atoms with van der Waals surface area (Å²) in [5.74, 6) is 0.476. The number of amides is 1. The first kappa shape index (κ1) is 21.3. The zero-order valence-electron chi connectivity index (χ0n) is 17.6. The molecule has 0 aliphatic carbocycles. The van der Waals surface area contributed by atoms with Gasteiger partial charge in [0.05, 0.1) is 10.9 Å². The van der Waals surface area contributed by atoms with Crippen LogP contribution < -0.4 is 4.90 Å². The van der Waals surface area contributed by atoms with Gasteiger partial charge in [-0.2, -0.15) is 0 Å². The lowest BCUT2D eigenvalue weighted by atomic mass is 9.99. The van der Waals surface area contributed by atoms with E-state index in [1.807, 2.05) is 6.07 Å². The first-order valence-corrected chi connectivity index (χ1v) is 13.4. The Morgan fingerprint density at radius 3 is 2.50 bits per heavy atom. The van der Waals surface area contributed by atoms with Crippen LogP contribution in [-0.4, -0.2) is 49.9 Å². The normalized spacial score (nSPS) is 22.0. The maximum Gasteiger partial charge on any atom is 0.244 e. The molecule has 2 saturated heterocycles. The lowest BCUT2D eigenvalue weighted by Crippen LogP contribution is -2.40. The molecule has 2 atom stereocenters. The van der Waals surface area contributed by atoms with Crippen LogP contribution in [0.2, 0.25) is 0 Å². The van der Waals surface area contributed by atoms with Crippen LogP contribution in [-0.2, 0) is 20.4 Å². The minimum Gasteiger partial charge on any atom is -0.311 e. The molecule has 2 aliphatic heterocycles. The number of benzene rings is 2. The number of likely N-dealkylation sites (tertiary alicyclic amines) is 1. The average Bonchev–Trinajstić information content (AvgIpc) is 3.56. The molecule has 166 valence electrons. The fourth-order valence-electron chi connectivity index (χ4n) is 4.73. The van der Waals surface area contributed by atoms with Crippen molar-refractivity contribution in [1.29, 1.82) is 0 Å². The van der Waals surface area contributed by atoms with Gasteiger partial charge in [0.15, 0.2) is 9.84 Å². The van der Waals surface area contributed by atoms with Gasteiger partial charge in [0, 0.05) is 30.4 Å². The molecule has 2 aliphatic rings. The summed E-state index contributed by atoms with van der Waals surface area (Å²) in [4.78, 5) is 21.6. The minimum atomic E-state index is -3.46. The SMILES string of the molecule is O=C1C(N2CCC(c3ccccc3)C2)CCN1c1ccc(S(=O)(=O)Cc2nccs2)cc1. The molecule has 5 rings (SSSR count). The van der Waals surface area contributed by atoms with Gasteiger partial charge in [0.2, 0.25) is 5.91 Å². The smallest absolute Gasteiger partial charge is 0.244 e. The first-order valence-electron chi connectivity index (χ1n) is 10.8. The summed E-state index contributed by atoms with van der Waals surface area (Å²) in [6, 6.07) is 17.1. The number of aromatic nitrogens is 1. The average molecular weight is 468 g/mol. The Morgan fingerprint density at radius 1 is 1.00 bits per heavy atom. The van der Waals surface area contributed by atoms with Crippen LogP contribution in [0.4, 0.5) is 5.69 Å². The van der Waals surface area contributed by atoms with Crippen molar-refractivity contribution in [3.63, 3.8) is 0 Å². The van der Waals surface area contributed by atoms with Crippen molar-refractivity contribution < 1.29 is 13.2 Å². The van der Waals surface area contributed by atoms with Crippen LogP contribution in [0, 0.1) is 0 Å². The number of anilines is 1. The van der Waals surface area contributed by atoms with Crippen molar-refractivity contribution in [2.75, 3.05) is 24.5 Å². The third-order valence-corrected chi connectivity index (χ3v) is 9.02. The van der Waals surface area contributed by atoms with Gasteiger partial charge in [-0.1, -0.05) is 30.3 Å². The highest BCUT2D eigenvalue weighted by Gasteiger charge is 2.39. The number of thiazole rings is 1. The lowest BCUT2D eigenvalue weighted by Gasteiger charge is -2.23. The molecule has 2 fully saturated rings. The van der Waals surface area contributed by atoms with E-state index < -0.39 is 9.84 Å². The lowest BCUT2D eigenvalue weighted by molar-refractivity contribution is -0.121. The molecule has 3 heterocycles. The number of nitrogens with zero attached hydrogens (tertiary/aromatic N) is 3. The molecule has 0 saturated carbocycles. The van der Waals surface area contributed by atoms with E-state index in [0.717, 1.165) is 31.6 Å². The molecule has 2 unspecified atom stereocenters. The van der Waals surface area contributed by atoms with E-state index in [-0.39, 0.29) is 22.6 Å². The second-order valence-corrected chi connectivity index (χ2v) is 11.3. The maximum absolute atomic E-state index is 13.2. The van der Waals surface area contributed by atoms with Crippen molar-refractivity contribution in [3.05, 3.63) is 76.7 Å². The van der Waals surface area contributed by atoms with Crippen LogP contribution >= 0.6 is 11.3 Å². The van der Waals surface area contributed by atoms with Crippen LogP contribution in [0.25, 0.3) is 0 Å². The Morgan fingerprint density at radius 2 is 1.78 bits per heavy atom. The Labute approximate surface area is 192 Å². The van der Waals surface area contributed by atoms with Gasteiger partial charge in [-0.3, -0.25) is 9.69 Å². The molecule has 6 nitrogen and oxygen atoms in total. The second kappa shape index (κ2) is 8.77. The number of carbonyl (C=O) groups excluding carboxylic acids is 1. The topological polar surface area (TPSA) is 70.6 Å². The number of hydrogen-bond donors (Lipinski definition) is 0. The summed E-state index contributed by atoms with van der Waals surface area (Å²) in [6.07, 6.45) is 3.47. The van der Waals surface area contributed by atoms with Gasteiger partial charge in [-0.25, -0.2) is 13.4 Å². The van der Waals surface area contributed by atoms with Gasteiger partial charge < -0.3 is 4.90 Å².